The molecule has 0 radical (unpaired) electrons. The summed E-state index contributed by atoms with van der Waals surface area (Å²) in [6, 6.07) is 17.3. The monoisotopic (exact) mass is 403 g/mol. The molecule has 0 N–H and O–H groups in total. The predicted octanol–water partition coefficient (Wildman–Crippen LogP) is 5.12. The van der Waals surface area contributed by atoms with Crippen LogP contribution in [0.1, 0.15) is 5.56 Å². The highest BCUT2D eigenvalue weighted by Gasteiger charge is 2.24. The highest BCUT2D eigenvalue weighted by molar-refractivity contribution is 9.10. The normalized spacial score (nSPS) is 10.6. The lowest BCUT2D eigenvalue weighted by Gasteiger charge is -2.15. The molecule has 1 heterocycles. The highest BCUT2D eigenvalue weighted by atomic mass is 79.9. The Hall–Kier alpha value is -2.25. The summed E-state index contributed by atoms with van der Waals surface area (Å²) in [4.78, 5) is 17.5. The van der Waals surface area contributed by atoms with E-state index in [0.29, 0.717) is 17.4 Å². The van der Waals surface area contributed by atoms with Crippen LogP contribution in [0.3, 0.4) is 0 Å². The molecule has 0 saturated heterocycles. The molecular weight excluding hydrogens is 390 g/mol. The van der Waals surface area contributed by atoms with Gasteiger partial charge in [-0.15, -0.1) is 0 Å². The van der Waals surface area contributed by atoms with E-state index in [1.54, 1.807) is 0 Å². The van der Waals surface area contributed by atoms with E-state index in [2.05, 4.69) is 20.9 Å². The first-order valence-electron chi connectivity index (χ1n) is 7.21. The van der Waals surface area contributed by atoms with E-state index >= 15 is 0 Å². The zero-order valence-electron chi connectivity index (χ0n) is 12.8. The van der Waals surface area contributed by atoms with Crippen LogP contribution < -0.4 is 4.90 Å². The SMILES string of the molecule is CN(Cc1ccccc1)c1nc(-c2ccc(Br)cc2)c([N+](=O)[O-])s1. The van der Waals surface area contributed by atoms with Gasteiger partial charge in [0.1, 0.15) is 0 Å². The molecular formula is C17H14BrN3O2S. The summed E-state index contributed by atoms with van der Waals surface area (Å²) in [6.07, 6.45) is 0. The third kappa shape index (κ3) is 3.63. The molecule has 7 heteroatoms. The molecule has 0 bridgehead atoms. The average Bonchev–Trinajstić information content (AvgIpc) is 3.02. The van der Waals surface area contributed by atoms with Crippen LogP contribution in [-0.2, 0) is 6.54 Å². The maximum absolute atomic E-state index is 11.4. The van der Waals surface area contributed by atoms with Crippen molar-refractivity contribution in [3.63, 3.8) is 0 Å². The van der Waals surface area contributed by atoms with Gasteiger partial charge in [0, 0.05) is 23.6 Å². The number of nitro groups is 1. The topological polar surface area (TPSA) is 59.3 Å². The number of anilines is 1. The highest BCUT2D eigenvalue weighted by Crippen LogP contribution is 2.39. The minimum absolute atomic E-state index is 0.0623. The molecule has 5 nitrogen and oxygen atoms in total. The zero-order chi connectivity index (χ0) is 17.1. The molecule has 3 rings (SSSR count). The van der Waals surface area contributed by atoms with Crippen LogP contribution in [-0.4, -0.2) is 17.0 Å². The van der Waals surface area contributed by atoms with Gasteiger partial charge in [0.25, 0.3) is 0 Å². The van der Waals surface area contributed by atoms with Gasteiger partial charge >= 0.3 is 5.00 Å². The molecule has 0 aliphatic heterocycles. The molecule has 0 amide bonds. The molecule has 0 atom stereocenters. The lowest BCUT2D eigenvalue weighted by atomic mass is 10.2. The summed E-state index contributed by atoms with van der Waals surface area (Å²) in [5, 5.41) is 12.1. The minimum Gasteiger partial charge on any atom is -0.347 e. The van der Waals surface area contributed by atoms with Crippen molar-refractivity contribution in [3.8, 4) is 11.3 Å². The van der Waals surface area contributed by atoms with Crippen molar-refractivity contribution < 1.29 is 4.92 Å². The first-order chi connectivity index (χ1) is 11.5. The Bertz CT molecular complexity index is 850. The van der Waals surface area contributed by atoms with E-state index in [4.69, 9.17) is 0 Å². The molecule has 0 saturated carbocycles. The maximum Gasteiger partial charge on any atom is 0.353 e. The average molecular weight is 404 g/mol. The maximum atomic E-state index is 11.4. The van der Waals surface area contributed by atoms with Crippen molar-refractivity contribution in [3.05, 3.63) is 74.7 Å². The van der Waals surface area contributed by atoms with E-state index in [-0.39, 0.29) is 9.92 Å². The summed E-state index contributed by atoms with van der Waals surface area (Å²) >= 11 is 4.47. The van der Waals surface area contributed by atoms with Crippen LogP contribution in [0.5, 0.6) is 0 Å². The number of hydrogen-bond acceptors (Lipinski definition) is 5. The standard InChI is InChI=1S/C17H14BrN3O2S/c1-20(11-12-5-3-2-4-6-12)17-19-15(16(24-17)21(22)23)13-7-9-14(18)10-8-13/h2-10H,11H2,1H3. The first-order valence-corrected chi connectivity index (χ1v) is 8.82. The van der Waals surface area contributed by atoms with Gasteiger partial charge in [-0.2, -0.15) is 0 Å². The Morgan fingerprint density at radius 2 is 1.83 bits per heavy atom. The van der Waals surface area contributed by atoms with Gasteiger partial charge in [-0.3, -0.25) is 10.1 Å². The number of halogens is 1. The minimum atomic E-state index is -0.366. The Morgan fingerprint density at radius 1 is 1.17 bits per heavy atom. The van der Waals surface area contributed by atoms with E-state index in [1.807, 2.05) is 66.5 Å². The summed E-state index contributed by atoms with van der Waals surface area (Å²) in [5.74, 6) is 0. The molecule has 0 spiro atoms. The van der Waals surface area contributed by atoms with Crippen LogP contribution in [0.25, 0.3) is 11.3 Å². The Balaban J connectivity index is 1.93. The second-order valence-electron chi connectivity index (χ2n) is 5.26. The van der Waals surface area contributed by atoms with Crippen LogP contribution in [0, 0.1) is 10.1 Å². The molecule has 122 valence electrons. The molecule has 24 heavy (non-hydrogen) atoms. The number of benzene rings is 2. The fourth-order valence-corrected chi connectivity index (χ4v) is 3.44. The molecule has 0 aliphatic rings. The summed E-state index contributed by atoms with van der Waals surface area (Å²) in [6.45, 7) is 0.644. The van der Waals surface area contributed by atoms with Gasteiger partial charge in [0.2, 0.25) is 0 Å². The molecule has 0 unspecified atom stereocenters. The van der Waals surface area contributed by atoms with Gasteiger partial charge in [-0.05, 0) is 29.0 Å². The van der Waals surface area contributed by atoms with Crippen LogP contribution >= 0.6 is 27.3 Å². The van der Waals surface area contributed by atoms with Crippen LogP contribution in [0.2, 0.25) is 0 Å². The van der Waals surface area contributed by atoms with Crippen LogP contribution in [0.15, 0.2) is 59.1 Å². The molecule has 1 aromatic heterocycles. The number of rotatable bonds is 5. The Morgan fingerprint density at radius 3 is 2.46 bits per heavy atom. The fourth-order valence-electron chi connectivity index (χ4n) is 2.31. The van der Waals surface area contributed by atoms with Gasteiger partial charge < -0.3 is 4.90 Å². The predicted molar refractivity (Wildman–Crippen MR) is 100 cm³/mol. The second kappa shape index (κ2) is 7.11. The first kappa shape index (κ1) is 16.6. The lowest BCUT2D eigenvalue weighted by molar-refractivity contribution is -0.379. The smallest absolute Gasteiger partial charge is 0.347 e. The lowest BCUT2D eigenvalue weighted by Crippen LogP contribution is -2.15. The van der Waals surface area contributed by atoms with Crippen molar-refractivity contribution in [2.45, 2.75) is 6.54 Å². The van der Waals surface area contributed by atoms with Crippen LogP contribution in [0.4, 0.5) is 10.1 Å². The fraction of sp³-hybridized carbons (Fsp3) is 0.118. The third-order valence-electron chi connectivity index (χ3n) is 3.47. The van der Waals surface area contributed by atoms with E-state index < -0.39 is 0 Å². The van der Waals surface area contributed by atoms with Crippen molar-refractivity contribution >= 4 is 37.4 Å². The third-order valence-corrected chi connectivity index (χ3v) is 5.12. The number of aromatic nitrogens is 1. The summed E-state index contributed by atoms with van der Waals surface area (Å²) < 4.78 is 0.922. The number of thiazole rings is 1. The van der Waals surface area contributed by atoms with Gasteiger partial charge in [-0.1, -0.05) is 58.4 Å². The van der Waals surface area contributed by atoms with E-state index in [9.17, 15) is 10.1 Å². The zero-order valence-corrected chi connectivity index (χ0v) is 15.3. The molecule has 2 aromatic carbocycles. The largest absolute Gasteiger partial charge is 0.353 e. The van der Waals surface area contributed by atoms with Crippen molar-refractivity contribution in [1.29, 1.82) is 0 Å². The van der Waals surface area contributed by atoms with Crippen molar-refractivity contribution in [2.75, 3.05) is 11.9 Å². The summed E-state index contributed by atoms with van der Waals surface area (Å²) in [7, 11) is 1.89. The quantitative estimate of drug-likeness (QED) is 0.438. The Kier molecular flexibility index (Phi) is 4.92. The van der Waals surface area contributed by atoms with Gasteiger partial charge in [-0.25, -0.2) is 4.98 Å². The molecule has 0 fully saturated rings. The molecule has 0 aliphatic carbocycles. The summed E-state index contributed by atoms with van der Waals surface area (Å²) in [5.41, 5.74) is 2.27. The van der Waals surface area contributed by atoms with E-state index in [1.165, 1.54) is 0 Å². The second-order valence-corrected chi connectivity index (χ2v) is 7.13. The van der Waals surface area contributed by atoms with Crippen molar-refractivity contribution in [1.82, 2.24) is 4.98 Å². The Labute approximate surface area is 151 Å². The van der Waals surface area contributed by atoms with Gasteiger partial charge in [0.05, 0.1) is 4.92 Å². The number of nitrogens with zero attached hydrogens (tertiary/aromatic N) is 3. The van der Waals surface area contributed by atoms with Crippen molar-refractivity contribution in [2.24, 2.45) is 0 Å². The number of hydrogen-bond donors (Lipinski definition) is 0. The molecule has 3 aromatic rings. The van der Waals surface area contributed by atoms with E-state index in [0.717, 1.165) is 26.9 Å². The van der Waals surface area contributed by atoms with Gasteiger partial charge in [0.15, 0.2) is 10.8 Å².